The molecule has 27 heavy (non-hydrogen) atoms. The molecule has 1 aliphatic rings. The largest absolute Gasteiger partial charge is 0.491 e. The van der Waals surface area contributed by atoms with Crippen LogP contribution in [0.15, 0.2) is 46.0 Å². The smallest absolute Gasteiger partial charge is 0.252 e. The van der Waals surface area contributed by atoms with Gasteiger partial charge in [-0.2, -0.15) is 4.31 Å². The molecule has 0 bridgehead atoms. The van der Waals surface area contributed by atoms with E-state index in [0.29, 0.717) is 48.2 Å². The SMILES string of the molecule is CCCOc1ccccc1NC(=O)C1CCN(S(=O)(=O)c2cccs2)CC1. The number of benzene rings is 1. The summed E-state index contributed by atoms with van der Waals surface area (Å²) in [5.41, 5.74) is 0.657. The molecule has 0 aliphatic carbocycles. The highest BCUT2D eigenvalue weighted by molar-refractivity contribution is 7.91. The van der Waals surface area contributed by atoms with Crippen LogP contribution in [0.1, 0.15) is 26.2 Å². The summed E-state index contributed by atoms with van der Waals surface area (Å²) in [6.07, 6.45) is 1.91. The molecule has 1 aliphatic heterocycles. The summed E-state index contributed by atoms with van der Waals surface area (Å²) >= 11 is 1.22. The third-order valence-electron chi connectivity index (χ3n) is 4.52. The lowest BCUT2D eigenvalue weighted by atomic mass is 9.97. The topological polar surface area (TPSA) is 75.7 Å². The Labute approximate surface area is 164 Å². The summed E-state index contributed by atoms with van der Waals surface area (Å²) in [5.74, 6) is 0.361. The lowest BCUT2D eigenvalue weighted by Gasteiger charge is -2.30. The van der Waals surface area contributed by atoms with Crippen molar-refractivity contribution in [2.24, 2.45) is 5.92 Å². The maximum atomic E-state index is 12.6. The first-order valence-corrected chi connectivity index (χ1v) is 11.4. The lowest BCUT2D eigenvalue weighted by Crippen LogP contribution is -2.41. The molecule has 0 radical (unpaired) electrons. The van der Waals surface area contributed by atoms with Crippen molar-refractivity contribution in [1.29, 1.82) is 0 Å². The quantitative estimate of drug-likeness (QED) is 0.760. The summed E-state index contributed by atoms with van der Waals surface area (Å²) < 4.78 is 32.7. The predicted octanol–water partition coefficient (Wildman–Crippen LogP) is 3.58. The second-order valence-corrected chi connectivity index (χ2v) is 9.56. The Morgan fingerprint density at radius 3 is 2.63 bits per heavy atom. The zero-order valence-corrected chi connectivity index (χ0v) is 16.9. The maximum Gasteiger partial charge on any atom is 0.252 e. The molecule has 0 unspecified atom stereocenters. The van der Waals surface area contributed by atoms with Crippen molar-refractivity contribution < 1.29 is 17.9 Å². The van der Waals surface area contributed by atoms with Gasteiger partial charge in [-0.1, -0.05) is 25.1 Å². The van der Waals surface area contributed by atoms with Crippen LogP contribution in [0.4, 0.5) is 5.69 Å². The van der Waals surface area contributed by atoms with E-state index >= 15 is 0 Å². The van der Waals surface area contributed by atoms with Gasteiger partial charge in [0.25, 0.3) is 10.0 Å². The normalized spacial score (nSPS) is 16.2. The summed E-state index contributed by atoms with van der Waals surface area (Å²) in [5, 5.41) is 4.70. The second kappa shape index (κ2) is 8.86. The Kier molecular flexibility index (Phi) is 6.51. The predicted molar refractivity (Wildman–Crippen MR) is 107 cm³/mol. The molecule has 1 saturated heterocycles. The number of carbonyl (C=O) groups excluding carboxylic acids is 1. The number of nitrogens with zero attached hydrogens (tertiary/aromatic N) is 1. The highest BCUT2D eigenvalue weighted by Gasteiger charge is 2.32. The van der Waals surface area contributed by atoms with Gasteiger partial charge in [0.1, 0.15) is 9.96 Å². The second-order valence-electron chi connectivity index (χ2n) is 6.44. The molecule has 1 aromatic carbocycles. The molecule has 0 atom stereocenters. The molecule has 8 heteroatoms. The fourth-order valence-corrected chi connectivity index (χ4v) is 5.65. The number of rotatable bonds is 7. The first-order chi connectivity index (χ1) is 13.0. The van der Waals surface area contributed by atoms with Crippen LogP contribution < -0.4 is 10.1 Å². The first-order valence-electron chi connectivity index (χ1n) is 9.08. The molecule has 1 aromatic heterocycles. The minimum Gasteiger partial charge on any atom is -0.491 e. The molecule has 0 saturated carbocycles. The van der Waals surface area contributed by atoms with E-state index in [4.69, 9.17) is 4.74 Å². The number of hydrogen-bond donors (Lipinski definition) is 1. The van der Waals surface area contributed by atoms with Gasteiger partial charge in [-0.15, -0.1) is 11.3 Å². The molecule has 1 amide bonds. The summed E-state index contributed by atoms with van der Waals surface area (Å²) in [7, 11) is -3.44. The van der Waals surface area contributed by atoms with Gasteiger partial charge in [-0.05, 0) is 42.8 Å². The first kappa shape index (κ1) is 19.9. The Hall–Kier alpha value is -1.90. The number of piperidine rings is 1. The molecule has 1 N–H and O–H groups in total. The van der Waals surface area contributed by atoms with Gasteiger partial charge in [-0.3, -0.25) is 4.79 Å². The van der Waals surface area contributed by atoms with Gasteiger partial charge in [-0.25, -0.2) is 8.42 Å². The van der Waals surface area contributed by atoms with E-state index in [-0.39, 0.29) is 11.8 Å². The van der Waals surface area contributed by atoms with E-state index < -0.39 is 10.0 Å². The fourth-order valence-electron chi connectivity index (χ4n) is 3.04. The Bertz CT molecular complexity index is 858. The minimum atomic E-state index is -3.44. The average Bonchev–Trinajstić information content (AvgIpc) is 3.23. The van der Waals surface area contributed by atoms with Crippen molar-refractivity contribution in [3.8, 4) is 5.75 Å². The fraction of sp³-hybridized carbons (Fsp3) is 0.421. The highest BCUT2D eigenvalue weighted by atomic mass is 32.2. The zero-order valence-electron chi connectivity index (χ0n) is 15.3. The van der Waals surface area contributed by atoms with Gasteiger partial charge in [0.15, 0.2) is 0 Å². The van der Waals surface area contributed by atoms with E-state index in [9.17, 15) is 13.2 Å². The molecule has 6 nitrogen and oxygen atoms in total. The van der Waals surface area contributed by atoms with Crippen LogP contribution in [0, 0.1) is 5.92 Å². The maximum absolute atomic E-state index is 12.6. The number of thiophene rings is 1. The third kappa shape index (κ3) is 4.69. The van der Waals surface area contributed by atoms with Gasteiger partial charge < -0.3 is 10.1 Å². The minimum absolute atomic E-state index is 0.0873. The van der Waals surface area contributed by atoms with Crippen molar-refractivity contribution >= 4 is 33.0 Å². The zero-order chi connectivity index (χ0) is 19.3. The molecule has 2 heterocycles. The molecule has 3 rings (SSSR count). The Balaban J connectivity index is 1.59. The highest BCUT2D eigenvalue weighted by Crippen LogP contribution is 2.29. The van der Waals surface area contributed by atoms with Gasteiger partial charge in [0.2, 0.25) is 5.91 Å². The van der Waals surface area contributed by atoms with E-state index in [1.54, 1.807) is 17.5 Å². The van der Waals surface area contributed by atoms with Gasteiger partial charge >= 0.3 is 0 Å². The molecule has 1 fully saturated rings. The number of para-hydroxylation sites is 2. The monoisotopic (exact) mass is 408 g/mol. The van der Waals surface area contributed by atoms with E-state index in [1.807, 2.05) is 31.2 Å². The van der Waals surface area contributed by atoms with Crippen molar-refractivity contribution in [3.63, 3.8) is 0 Å². The summed E-state index contributed by atoms with van der Waals surface area (Å²) in [6.45, 7) is 3.32. The van der Waals surface area contributed by atoms with Crippen molar-refractivity contribution in [2.45, 2.75) is 30.4 Å². The molecule has 0 spiro atoms. The summed E-state index contributed by atoms with van der Waals surface area (Å²) in [4.78, 5) is 12.6. The van der Waals surface area contributed by atoms with Crippen LogP contribution in [0.25, 0.3) is 0 Å². The molecule has 146 valence electrons. The summed E-state index contributed by atoms with van der Waals surface area (Å²) in [6, 6.07) is 10.7. The van der Waals surface area contributed by atoms with Crippen LogP contribution in [0.3, 0.4) is 0 Å². The van der Waals surface area contributed by atoms with Crippen LogP contribution in [0.5, 0.6) is 5.75 Å². The number of hydrogen-bond acceptors (Lipinski definition) is 5. The third-order valence-corrected chi connectivity index (χ3v) is 7.79. The van der Waals surface area contributed by atoms with E-state index in [1.165, 1.54) is 15.6 Å². The van der Waals surface area contributed by atoms with Gasteiger partial charge in [0.05, 0.1) is 12.3 Å². The average molecular weight is 409 g/mol. The Morgan fingerprint density at radius 1 is 1.22 bits per heavy atom. The number of sulfonamides is 1. The van der Waals surface area contributed by atoms with E-state index in [0.717, 1.165) is 6.42 Å². The van der Waals surface area contributed by atoms with Crippen LogP contribution >= 0.6 is 11.3 Å². The Morgan fingerprint density at radius 2 is 1.96 bits per heavy atom. The number of anilines is 1. The molecular weight excluding hydrogens is 384 g/mol. The van der Waals surface area contributed by atoms with Gasteiger partial charge in [0, 0.05) is 19.0 Å². The van der Waals surface area contributed by atoms with E-state index in [2.05, 4.69) is 5.32 Å². The van der Waals surface area contributed by atoms with Crippen molar-refractivity contribution in [2.75, 3.05) is 25.0 Å². The molecule has 2 aromatic rings. The number of ether oxygens (including phenoxy) is 1. The molecular formula is C19H24N2O4S2. The number of carbonyl (C=O) groups is 1. The lowest BCUT2D eigenvalue weighted by molar-refractivity contribution is -0.120. The standard InChI is InChI=1S/C19H24N2O4S2/c1-2-13-25-17-7-4-3-6-16(17)20-19(22)15-9-11-21(12-10-15)27(23,24)18-8-5-14-26-18/h3-8,14-15H,2,9-13H2,1H3,(H,20,22). The van der Waals surface area contributed by atoms with Crippen LogP contribution in [-0.2, 0) is 14.8 Å². The van der Waals surface area contributed by atoms with Crippen LogP contribution in [0.2, 0.25) is 0 Å². The van der Waals surface area contributed by atoms with Crippen molar-refractivity contribution in [1.82, 2.24) is 4.31 Å². The number of amides is 1. The van der Waals surface area contributed by atoms with Crippen molar-refractivity contribution in [3.05, 3.63) is 41.8 Å². The number of nitrogens with one attached hydrogen (secondary N) is 1. The van der Waals surface area contributed by atoms with Crippen LogP contribution in [-0.4, -0.2) is 38.3 Å².